The van der Waals surface area contributed by atoms with E-state index in [1.165, 1.54) is 5.56 Å². The van der Waals surface area contributed by atoms with Gasteiger partial charge >= 0.3 is 5.97 Å². The van der Waals surface area contributed by atoms with Crippen molar-refractivity contribution in [2.24, 2.45) is 7.05 Å². The number of carboxylic acids is 1. The van der Waals surface area contributed by atoms with E-state index in [1.807, 2.05) is 26.0 Å². The fourth-order valence-corrected chi connectivity index (χ4v) is 2.48. The Kier molecular flexibility index (Phi) is 4.85. The van der Waals surface area contributed by atoms with Gasteiger partial charge in [-0.1, -0.05) is 29.5 Å². The highest BCUT2D eigenvalue weighted by Crippen LogP contribution is 2.21. The SMILES string of the molecule is Cc1ccc(OCc2nnc(SCC(=O)O)n2C)c(C)c1. The molecule has 1 aromatic heterocycles. The Morgan fingerprint density at radius 3 is 2.81 bits per heavy atom. The molecule has 0 aliphatic rings. The molecule has 1 N–H and O–H groups in total. The standard InChI is InChI=1S/C14H17N3O3S/c1-9-4-5-11(10(2)6-9)20-7-12-15-16-14(17(12)3)21-8-13(18)19/h4-6H,7-8H2,1-3H3,(H,18,19). The van der Waals surface area contributed by atoms with E-state index in [0.29, 0.717) is 17.6 Å². The first kappa shape index (κ1) is 15.4. The van der Waals surface area contributed by atoms with Gasteiger partial charge in [0.05, 0.1) is 5.75 Å². The number of carboxylic acid groups (broad SMARTS) is 1. The Bertz CT molecular complexity index is 655. The second-order valence-corrected chi connectivity index (χ2v) is 5.64. The second kappa shape index (κ2) is 6.62. The van der Waals surface area contributed by atoms with Gasteiger partial charge < -0.3 is 14.4 Å². The molecule has 0 radical (unpaired) electrons. The summed E-state index contributed by atoms with van der Waals surface area (Å²) in [6.07, 6.45) is 0. The van der Waals surface area contributed by atoms with Gasteiger partial charge in [-0.2, -0.15) is 0 Å². The third kappa shape index (κ3) is 3.98. The smallest absolute Gasteiger partial charge is 0.313 e. The highest BCUT2D eigenvalue weighted by molar-refractivity contribution is 7.99. The Morgan fingerprint density at radius 1 is 1.38 bits per heavy atom. The number of nitrogens with zero attached hydrogens (tertiary/aromatic N) is 3. The number of carbonyl (C=O) groups is 1. The first-order chi connectivity index (χ1) is 9.97. The minimum Gasteiger partial charge on any atom is -0.485 e. The predicted octanol–water partition coefficient (Wildman–Crippen LogP) is 2.19. The normalized spacial score (nSPS) is 10.6. The lowest BCUT2D eigenvalue weighted by atomic mass is 10.1. The molecule has 0 unspecified atom stereocenters. The van der Waals surface area contributed by atoms with E-state index in [-0.39, 0.29) is 5.75 Å². The van der Waals surface area contributed by atoms with Crippen LogP contribution in [0.15, 0.2) is 23.4 Å². The molecule has 6 nitrogen and oxygen atoms in total. The van der Waals surface area contributed by atoms with Gasteiger partial charge in [0.1, 0.15) is 12.4 Å². The van der Waals surface area contributed by atoms with Gasteiger partial charge in [0.25, 0.3) is 0 Å². The zero-order chi connectivity index (χ0) is 15.4. The van der Waals surface area contributed by atoms with Crippen LogP contribution in [0.5, 0.6) is 5.75 Å². The number of rotatable bonds is 6. The Morgan fingerprint density at radius 2 is 2.14 bits per heavy atom. The molecule has 2 aromatic rings. The van der Waals surface area contributed by atoms with Crippen molar-refractivity contribution in [3.8, 4) is 5.75 Å². The summed E-state index contributed by atoms with van der Waals surface area (Å²) in [6, 6.07) is 5.98. The van der Waals surface area contributed by atoms with Crippen molar-refractivity contribution in [1.82, 2.24) is 14.8 Å². The summed E-state index contributed by atoms with van der Waals surface area (Å²) in [4.78, 5) is 10.6. The molecule has 1 aromatic carbocycles. The maximum Gasteiger partial charge on any atom is 0.313 e. The second-order valence-electron chi connectivity index (χ2n) is 4.70. The van der Waals surface area contributed by atoms with Gasteiger partial charge in [-0.15, -0.1) is 10.2 Å². The van der Waals surface area contributed by atoms with Gasteiger partial charge in [-0.25, -0.2) is 0 Å². The first-order valence-electron chi connectivity index (χ1n) is 6.40. The summed E-state index contributed by atoms with van der Waals surface area (Å²) in [5.41, 5.74) is 2.25. The van der Waals surface area contributed by atoms with Crippen LogP contribution < -0.4 is 4.74 Å². The monoisotopic (exact) mass is 307 g/mol. The molecular weight excluding hydrogens is 290 g/mol. The van der Waals surface area contributed by atoms with Crippen molar-refractivity contribution in [2.45, 2.75) is 25.6 Å². The molecule has 7 heteroatoms. The van der Waals surface area contributed by atoms with E-state index in [1.54, 1.807) is 11.6 Å². The number of benzene rings is 1. The number of hydrogen-bond donors (Lipinski definition) is 1. The van der Waals surface area contributed by atoms with E-state index in [9.17, 15) is 4.79 Å². The molecule has 0 bridgehead atoms. The highest BCUT2D eigenvalue weighted by Gasteiger charge is 2.11. The lowest BCUT2D eigenvalue weighted by Gasteiger charge is -2.09. The third-order valence-corrected chi connectivity index (χ3v) is 3.94. The number of aryl methyl sites for hydroxylation is 2. The van der Waals surface area contributed by atoms with Crippen molar-refractivity contribution in [2.75, 3.05) is 5.75 Å². The average molecular weight is 307 g/mol. The number of aromatic nitrogens is 3. The Hall–Kier alpha value is -2.02. The van der Waals surface area contributed by atoms with E-state index in [2.05, 4.69) is 16.3 Å². The quantitative estimate of drug-likeness (QED) is 0.824. The molecule has 21 heavy (non-hydrogen) atoms. The van der Waals surface area contributed by atoms with Crippen molar-refractivity contribution >= 4 is 17.7 Å². The number of ether oxygens (including phenoxy) is 1. The molecule has 0 spiro atoms. The molecule has 0 saturated carbocycles. The first-order valence-corrected chi connectivity index (χ1v) is 7.39. The summed E-state index contributed by atoms with van der Waals surface area (Å²) < 4.78 is 7.50. The number of thioether (sulfide) groups is 1. The van der Waals surface area contributed by atoms with Crippen molar-refractivity contribution in [3.63, 3.8) is 0 Å². The van der Waals surface area contributed by atoms with Crippen LogP contribution >= 0.6 is 11.8 Å². The lowest BCUT2D eigenvalue weighted by Crippen LogP contribution is -2.06. The van der Waals surface area contributed by atoms with Crippen LogP contribution in [0.3, 0.4) is 0 Å². The zero-order valence-corrected chi connectivity index (χ0v) is 13.0. The molecule has 112 valence electrons. The van der Waals surface area contributed by atoms with E-state index < -0.39 is 5.97 Å². The number of hydrogen-bond acceptors (Lipinski definition) is 5. The largest absolute Gasteiger partial charge is 0.485 e. The van der Waals surface area contributed by atoms with E-state index >= 15 is 0 Å². The summed E-state index contributed by atoms with van der Waals surface area (Å²) in [6.45, 7) is 4.32. The van der Waals surface area contributed by atoms with Gasteiger partial charge in [0.2, 0.25) is 0 Å². The van der Waals surface area contributed by atoms with Crippen LogP contribution in [-0.4, -0.2) is 31.6 Å². The Balaban J connectivity index is 2.02. The minimum absolute atomic E-state index is 0.0378. The maximum absolute atomic E-state index is 10.6. The molecular formula is C14H17N3O3S. The van der Waals surface area contributed by atoms with Gasteiger partial charge in [0.15, 0.2) is 11.0 Å². The highest BCUT2D eigenvalue weighted by atomic mass is 32.2. The van der Waals surface area contributed by atoms with Crippen LogP contribution in [0.2, 0.25) is 0 Å². The molecule has 0 fully saturated rings. The van der Waals surface area contributed by atoms with Gasteiger partial charge in [-0.05, 0) is 25.5 Å². The van der Waals surface area contributed by atoms with Crippen LogP contribution in [-0.2, 0) is 18.4 Å². The molecule has 0 aliphatic heterocycles. The number of aliphatic carboxylic acids is 1. The van der Waals surface area contributed by atoms with Crippen molar-refractivity contribution in [3.05, 3.63) is 35.2 Å². The average Bonchev–Trinajstić information content (AvgIpc) is 2.76. The lowest BCUT2D eigenvalue weighted by molar-refractivity contribution is -0.133. The summed E-state index contributed by atoms with van der Waals surface area (Å²) >= 11 is 1.14. The maximum atomic E-state index is 10.6. The zero-order valence-electron chi connectivity index (χ0n) is 12.2. The molecule has 0 aliphatic carbocycles. The van der Waals surface area contributed by atoms with E-state index in [0.717, 1.165) is 23.1 Å². The topological polar surface area (TPSA) is 77.2 Å². The van der Waals surface area contributed by atoms with Crippen LogP contribution in [0.1, 0.15) is 17.0 Å². The fraction of sp³-hybridized carbons (Fsp3) is 0.357. The summed E-state index contributed by atoms with van der Waals surface area (Å²) in [5, 5.41) is 17.2. The van der Waals surface area contributed by atoms with Crippen LogP contribution in [0.25, 0.3) is 0 Å². The molecule has 2 rings (SSSR count). The van der Waals surface area contributed by atoms with Crippen molar-refractivity contribution < 1.29 is 14.6 Å². The molecule has 0 amide bonds. The summed E-state index contributed by atoms with van der Waals surface area (Å²) in [5.74, 6) is 0.548. The Labute approximate surface area is 127 Å². The molecule has 1 heterocycles. The predicted molar refractivity (Wildman–Crippen MR) is 79.6 cm³/mol. The fourth-order valence-electron chi connectivity index (χ4n) is 1.83. The van der Waals surface area contributed by atoms with Gasteiger partial charge in [0, 0.05) is 7.05 Å². The van der Waals surface area contributed by atoms with Crippen LogP contribution in [0, 0.1) is 13.8 Å². The van der Waals surface area contributed by atoms with Crippen LogP contribution in [0.4, 0.5) is 0 Å². The van der Waals surface area contributed by atoms with Gasteiger partial charge in [-0.3, -0.25) is 4.79 Å². The summed E-state index contributed by atoms with van der Waals surface area (Å²) in [7, 11) is 1.80. The third-order valence-electron chi connectivity index (χ3n) is 2.94. The molecule has 0 saturated heterocycles. The minimum atomic E-state index is -0.879. The molecule has 0 atom stereocenters. The van der Waals surface area contributed by atoms with E-state index in [4.69, 9.17) is 9.84 Å². The van der Waals surface area contributed by atoms with Crippen molar-refractivity contribution in [1.29, 1.82) is 0 Å².